The zero-order chi connectivity index (χ0) is 16.6. The van der Waals surface area contributed by atoms with E-state index in [4.69, 9.17) is 0 Å². The third-order valence-corrected chi connectivity index (χ3v) is 6.06. The minimum Gasteiger partial charge on any atom is -0.326 e. The van der Waals surface area contributed by atoms with E-state index in [2.05, 4.69) is 4.98 Å². The highest BCUT2D eigenvalue weighted by Crippen LogP contribution is 2.28. The normalized spacial score (nSPS) is 11.5. The molecule has 0 bridgehead atoms. The van der Waals surface area contributed by atoms with Crippen LogP contribution in [0, 0.1) is 6.92 Å². The molecule has 2 heterocycles. The zero-order valence-corrected chi connectivity index (χ0v) is 13.6. The lowest BCUT2D eigenvalue weighted by atomic mass is 10.2. The maximum Gasteiger partial charge on any atom is 0.273 e. The fourth-order valence-electron chi connectivity index (χ4n) is 2.13. The van der Waals surface area contributed by atoms with Gasteiger partial charge in [0.1, 0.15) is 4.21 Å². The van der Waals surface area contributed by atoms with Crippen molar-refractivity contribution >= 4 is 37.4 Å². The second-order valence-electron chi connectivity index (χ2n) is 4.95. The van der Waals surface area contributed by atoms with E-state index in [1.807, 2.05) is 16.9 Å². The van der Waals surface area contributed by atoms with Gasteiger partial charge in [-0.3, -0.25) is 9.59 Å². The van der Waals surface area contributed by atoms with Crippen LogP contribution in [0.15, 0.2) is 51.5 Å². The fourth-order valence-corrected chi connectivity index (χ4v) is 4.51. The Labute approximate surface area is 135 Å². The standard InChI is InChI=1S/C15H12N2O4S2/c1-9-6-11(7-13(18)16-9)15(19)17-23(20,21)14-8-10-4-2-3-5-12(10)22-14/h2-8H,1H3,(H,16,18)(H,17,19). The van der Waals surface area contributed by atoms with Gasteiger partial charge in [0.05, 0.1) is 0 Å². The number of fused-ring (bicyclic) bond motifs is 1. The number of rotatable bonds is 3. The van der Waals surface area contributed by atoms with E-state index in [1.54, 1.807) is 19.1 Å². The maximum absolute atomic E-state index is 12.3. The Kier molecular flexibility index (Phi) is 3.78. The molecule has 6 nitrogen and oxygen atoms in total. The van der Waals surface area contributed by atoms with Gasteiger partial charge >= 0.3 is 0 Å². The number of carbonyl (C=O) groups is 1. The lowest BCUT2D eigenvalue weighted by Crippen LogP contribution is -2.31. The van der Waals surface area contributed by atoms with Gasteiger partial charge in [0.25, 0.3) is 15.9 Å². The summed E-state index contributed by atoms with van der Waals surface area (Å²) in [5.41, 5.74) is 0.00672. The Morgan fingerprint density at radius 3 is 2.61 bits per heavy atom. The van der Waals surface area contributed by atoms with Gasteiger partial charge in [0, 0.05) is 22.0 Å². The molecule has 0 aliphatic carbocycles. The van der Waals surface area contributed by atoms with Gasteiger partial charge in [-0.25, -0.2) is 13.1 Å². The third kappa shape index (κ3) is 3.17. The van der Waals surface area contributed by atoms with E-state index in [0.717, 1.165) is 27.5 Å². The summed E-state index contributed by atoms with van der Waals surface area (Å²) in [4.78, 5) is 26.0. The second-order valence-corrected chi connectivity index (χ2v) is 7.95. The molecule has 0 saturated heterocycles. The van der Waals surface area contributed by atoms with Gasteiger partial charge in [-0.05, 0) is 30.5 Å². The minimum atomic E-state index is -3.99. The molecule has 0 fully saturated rings. The minimum absolute atomic E-state index is 0.00376. The highest BCUT2D eigenvalue weighted by Gasteiger charge is 2.21. The number of sulfonamides is 1. The molecule has 0 unspecified atom stereocenters. The van der Waals surface area contributed by atoms with Crippen molar-refractivity contribution in [2.75, 3.05) is 0 Å². The summed E-state index contributed by atoms with van der Waals surface area (Å²) in [6.07, 6.45) is 0. The van der Waals surface area contributed by atoms with Crippen LogP contribution in [0.5, 0.6) is 0 Å². The van der Waals surface area contributed by atoms with Crippen molar-refractivity contribution < 1.29 is 13.2 Å². The number of H-pyrrole nitrogens is 1. The largest absolute Gasteiger partial charge is 0.326 e. The van der Waals surface area contributed by atoms with Gasteiger partial charge < -0.3 is 4.98 Å². The number of carbonyl (C=O) groups excluding carboxylic acids is 1. The van der Waals surface area contributed by atoms with E-state index >= 15 is 0 Å². The lowest BCUT2D eigenvalue weighted by molar-refractivity contribution is 0.0981. The molecule has 3 rings (SSSR count). The zero-order valence-electron chi connectivity index (χ0n) is 12.0. The average Bonchev–Trinajstić information content (AvgIpc) is 2.90. The van der Waals surface area contributed by atoms with E-state index in [0.29, 0.717) is 5.69 Å². The number of nitrogens with one attached hydrogen (secondary N) is 2. The monoisotopic (exact) mass is 348 g/mol. The van der Waals surface area contributed by atoms with Crippen molar-refractivity contribution in [2.45, 2.75) is 11.1 Å². The maximum atomic E-state index is 12.3. The van der Waals surface area contributed by atoms with Gasteiger partial charge in [0.2, 0.25) is 5.56 Å². The molecular formula is C15H12N2O4S2. The van der Waals surface area contributed by atoms with Gasteiger partial charge in [-0.2, -0.15) is 0 Å². The molecule has 8 heteroatoms. The highest BCUT2D eigenvalue weighted by molar-refractivity contribution is 7.92. The van der Waals surface area contributed by atoms with Crippen LogP contribution in [-0.2, 0) is 10.0 Å². The molecule has 3 aromatic rings. The van der Waals surface area contributed by atoms with Crippen LogP contribution >= 0.6 is 11.3 Å². The molecule has 2 N–H and O–H groups in total. The summed E-state index contributed by atoms with van der Waals surface area (Å²) in [6, 6.07) is 11.2. The molecule has 0 spiro atoms. The first-order chi connectivity index (χ1) is 10.8. The van der Waals surface area contributed by atoms with Gasteiger partial charge in [-0.1, -0.05) is 18.2 Å². The van der Waals surface area contributed by atoms with Crippen LogP contribution in [0.25, 0.3) is 10.1 Å². The van der Waals surface area contributed by atoms with Crippen LogP contribution in [-0.4, -0.2) is 19.3 Å². The topological polar surface area (TPSA) is 96.1 Å². The first-order valence-electron chi connectivity index (χ1n) is 6.62. The number of thiophene rings is 1. The lowest BCUT2D eigenvalue weighted by Gasteiger charge is -2.05. The van der Waals surface area contributed by atoms with Crippen LogP contribution < -0.4 is 10.3 Å². The SMILES string of the molecule is Cc1cc(C(=O)NS(=O)(=O)c2cc3ccccc3s2)cc(=O)[nH]1. The first-order valence-corrected chi connectivity index (χ1v) is 8.92. The summed E-state index contributed by atoms with van der Waals surface area (Å²) in [5.74, 6) is -0.836. The van der Waals surface area contributed by atoms with E-state index < -0.39 is 21.5 Å². The number of hydrogen-bond donors (Lipinski definition) is 2. The van der Waals surface area contributed by atoms with Crippen LogP contribution in [0.1, 0.15) is 16.1 Å². The van der Waals surface area contributed by atoms with Crippen molar-refractivity contribution in [1.29, 1.82) is 0 Å². The summed E-state index contributed by atoms with van der Waals surface area (Å²) in [7, 11) is -3.99. The Balaban J connectivity index is 1.94. The number of hydrogen-bond acceptors (Lipinski definition) is 5. The predicted molar refractivity (Wildman–Crippen MR) is 88.3 cm³/mol. The summed E-state index contributed by atoms with van der Waals surface area (Å²) in [6.45, 7) is 1.61. The number of aryl methyl sites for hydroxylation is 1. The Hall–Kier alpha value is -2.45. The molecule has 2 aromatic heterocycles. The first kappa shape index (κ1) is 15.4. The summed E-state index contributed by atoms with van der Waals surface area (Å²) >= 11 is 1.08. The van der Waals surface area contributed by atoms with E-state index in [1.165, 1.54) is 12.1 Å². The van der Waals surface area contributed by atoms with Crippen molar-refractivity contribution in [3.63, 3.8) is 0 Å². The summed E-state index contributed by atoms with van der Waals surface area (Å²) < 4.78 is 27.6. The average molecular weight is 348 g/mol. The predicted octanol–water partition coefficient (Wildman–Crippen LogP) is 2.02. The molecule has 0 aliphatic heterocycles. The molecule has 0 saturated carbocycles. The van der Waals surface area contributed by atoms with Crippen molar-refractivity contribution in [1.82, 2.24) is 9.71 Å². The molecular weight excluding hydrogens is 336 g/mol. The van der Waals surface area contributed by atoms with E-state index in [9.17, 15) is 18.0 Å². The molecule has 0 aliphatic rings. The highest BCUT2D eigenvalue weighted by atomic mass is 32.2. The second kappa shape index (κ2) is 5.64. The van der Waals surface area contributed by atoms with Crippen LogP contribution in [0.4, 0.5) is 0 Å². The number of pyridine rings is 1. The van der Waals surface area contributed by atoms with Crippen molar-refractivity contribution in [3.05, 3.63) is 64.1 Å². The number of aromatic nitrogens is 1. The number of amides is 1. The van der Waals surface area contributed by atoms with Crippen molar-refractivity contribution in [3.8, 4) is 0 Å². The number of benzene rings is 1. The van der Waals surface area contributed by atoms with Gasteiger partial charge in [-0.15, -0.1) is 11.3 Å². The van der Waals surface area contributed by atoms with Crippen molar-refractivity contribution in [2.24, 2.45) is 0 Å². The molecule has 0 atom stereocenters. The third-order valence-electron chi connectivity index (χ3n) is 3.14. The Bertz CT molecular complexity index is 1030. The molecule has 23 heavy (non-hydrogen) atoms. The fraction of sp³-hybridized carbons (Fsp3) is 0.0667. The van der Waals surface area contributed by atoms with E-state index in [-0.39, 0.29) is 9.77 Å². The Morgan fingerprint density at radius 1 is 1.17 bits per heavy atom. The molecule has 1 aromatic carbocycles. The molecule has 0 radical (unpaired) electrons. The smallest absolute Gasteiger partial charge is 0.273 e. The Morgan fingerprint density at radius 2 is 1.91 bits per heavy atom. The molecule has 118 valence electrons. The van der Waals surface area contributed by atoms with Gasteiger partial charge in [0.15, 0.2) is 0 Å². The van der Waals surface area contributed by atoms with Crippen LogP contribution in [0.3, 0.4) is 0 Å². The quantitative estimate of drug-likeness (QED) is 0.757. The number of aromatic amines is 1. The summed E-state index contributed by atoms with van der Waals surface area (Å²) in [5, 5.41) is 0.789. The molecule has 1 amide bonds. The van der Waals surface area contributed by atoms with Crippen LogP contribution in [0.2, 0.25) is 0 Å².